The minimum atomic E-state index is -1.02. The second kappa shape index (κ2) is 20.3. The van der Waals surface area contributed by atoms with Crippen molar-refractivity contribution in [1.29, 1.82) is 0 Å². The zero-order valence-corrected chi connectivity index (χ0v) is 21.7. The second-order valence-corrected chi connectivity index (χ2v) is 9.24. The number of hydrogen-bond donors (Lipinski definition) is 0. The van der Waals surface area contributed by atoms with Crippen molar-refractivity contribution in [2.24, 2.45) is 0 Å². The molecule has 0 N–H and O–H groups in total. The molecular weight excluding hydrogens is 432 g/mol. The highest BCUT2D eigenvalue weighted by molar-refractivity contribution is 5.90. The summed E-state index contributed by atoms with van der Waals surface area (Å²) < 4.78 is 4.91. The molecule has 0 unspecified atom stereocenters. The molecule has 0 aliphatic heterocycles. The third-order valence-electron chi connectivity index (χ3n) is 6.04. The lowest BCUT2D eigenvalue weighted by atomic mass is 10.0. The number of hydrogen-bond acceptors (Lipinski definition) is 6. The molecule has 0 spiro atoms. The molecule has 194 valence electrons. The van der Waals surface area contributed by atoms with Crippen molar-refractivity contribution in [1.82, 2.24) is 0 Å². The van der Waals surface area contributed by atoms with Gasteiger partial charge in [-0.15, -0.1) is 0 Å². The minimum Gasteiger partial charge on any atom is -0.432 e. The zero-order chi connectivity index (χ0) is 24.9. The van der Waals surface area contributed by atoms with E-state index < -0.39 is 12.1 Å². The fourth-order valence-electron chi connectivity index (χ4n) is 3.91. The first-order valence-electron chi connectivity index (χ1n) is 13.3. The van der Waals surface area contributed by atoms with Crippen LogP contribution in [-0.2, 0) is 19.6 Å². The number of ether oxygens (including phenoxy) is 1. The predicted molar refractivity (Wildman–Crippen MR) is 134 cm³/mol. The van der Waals surface area contributed by atoms with Crippen molar-refractivity contribution in [3.8, 4) is 0 Å². The second-order valence-electron chi connectivity index (χ2n) is 9.24. The molecule has 0 saturated carbocycles. The Morgan fingerprint density at radius 3 is 1.71 bits per heavy atom. The number of rotatable bonds is 20. The van der Waals surface area contributed by atoms with Crippen molar-refractivity contribution in [2.75, 3.05) is 6.61 Å². The van der Waals surface area contributed by atoms with E-state index in [1.165, 1.54) is 83.5 Å². The molecule has 34 heavy (non-hydrogen) atoms. The van der Waals surface area contributed by atoms with E-state index in [0.717, 1.165) is 30.4 Å². The van der Waals surface area contributed by atoms with E-state index in [0.29, 0.717) is 5.56 Å². The lowest BCUT2D eigenvalue weighted by Gasteiger charge is -2.06. The Balaban J connectivity index is 1.86. The van der Waals surface area contributed by atoms with Gasteiger partial charge in [-0.3, -0.25) is 4.89 Å². The summed E-state index contributed by atoms with van der Waals surface area (Å²) in [5.41, 5.74) is 2.01. The summed E-state index contributed by atoms with van der Waals surface area (Å²) in [6, 6.07) is 5.37. The third-order valence-corrected chi connectivity index (χ3v) is 6.04. The molecule has 0 bridgehead atoms. The minimum absolute atomic E-state index is 0.256. The lowest BCUT2D eigenvalue weighted by Crippen LogP contribution is -2.13. The molecule has 0 fully saturated rings. The average Bonchev–Trinajstić information content (AvgIpc) is 2.82. The van der Waals surface area contributed by atoms with Crippen molar-refractivity contribution >= 4 is 12.1 Å². The lowest BCUT2D eigenvalue weighted by molar-refractivity contribution is -0.452. The van der Waals surface area contributed by atoms with Gasteiger partial charge < -0.3 is 4.74 Å². The highest BCUT2D eigenvalue weighted by Gasteiger charge is 2.14. The van der Waals surface area contributed by atoms with Gasteiger partial charge in [0, 0.05) is 0 Å². The Labute approximate surface area is 206 Å². The summed E-state index contributed by atoms with van der Waals surface area (Å²) in [5, 5.41) is 4.27. The number of unbranched alkanes of at least 4 members (excludes halogenated alkanes) is 15. The van der Waals surface area contributed by atoms with Crippen LogP contribution >= 0.6 is 0 Å². The van der Waals surface area contributed by atoms with Crippen LogP contribution in [0.3, 0.4) is 0 Å². The van der Waals surface area contributed by atoms with Crippen molar-refractivity contribution in [3.63, 3.8) is 0 Å². The maximum atomic E-state index is 11.9. The first kappa shape index (κ1) is 30.0. The largest absolute Gasteiger partial charge is 0.543 e. The number of aryl methyl sites for hydroxylation is 2. The van der Waals surface area contributed by atoms with E-state index in [2.05, 4.69) is 21.7 Å². The number of carbonyl (C=O) groups excluding carboxylic acids is 2. The van der Waals surface area contributed by atoms with Crippen LogP contribution in [0.4, 0.5) is 4.79 Å². The van der Waals surface area contributed by atoms with Gasteiger partial charge in [-0.2, -0.15) is 0 Å². The Morgan fingerprint density at radius 2 is 1.18 bits per heavy atom. The molecule has 0 radical (unpaired) electrons. The highest BCUT2D eigenvalue weighted by Crippen LogP contribution is 2.14. The van der Waals surface area contributed by atoms with Crippen LogP contribution in [0, 0.1) is 13.8 Å². The molecule has 6 heteroatoms. The fraction of sp³-hybridized carbons (Fsp3) is 0.714. The molecule has 0 saturated heterocycles. The standard InChI is InChI=1S/C28H46O6/c1-4-5-6-7-8-9-10-11-12-13-14-15-16-17-18-19-22-31-28(30)33-34-32-27(29)26-23-24(2)20-21-25(26)3/h20-21,23H,4-19,22H2,1-3H3. The van der Waals surface area contributed by atoms with Crippen LogP contribution in [0.25, 0.3) is 0 Å². The topological polar surface area (TPSA) is 71.1 Å². The molecule has 0 aliphatic carbocycles. The maximum absolute atomic E-state index is 11.9. The first-order chi connectivity index (χ1) is 16.5. The smallest absolute Gasteiger partial charge is 0.432 e. The van der Waals surface area contributed by atoms with Crippen LogP contribution in [0.1, 0.15) is 131 Å². The van der Waals surface area contributed by atoms with E-state index >= 15 is 0 Å². The molecule has 0 atom stereocenters. The van der Waals surface area contributed by atoms with Crippen LogP contribution in [0.5, 0.6) is 0 Å². The van der Waals surface area contributed by atoms with Crippen LogP contribution in [0.15, 0.2) is 18.2 Å². The summed E-state index contributed by atoms with van der Waals surface area (Å²) >= 11 is 0. The van der Waals surface area contributed by atoms with Gasteiger partial charge in [-0.25, -0.2) is 14.5 Å². The molecule has 1 rings (SSSR count). The Hall–Kier alpha value is -2.08. The molecular formula is C28H46O6. The summed E-state index contributed by atoms with van der Waals surface area (Å²) in [6.45, 7) is 6.17. The van der Waals surface area contributed by atoms with E-state index in [-0.39, 0.29) is 6.61 Å². The molecule has 0 aliphatic rings. The van der Waals surface area contributed by atoms with Gasteiger partial charge in [0.15, 0.2) is 0 Å². The van der Waals surface area contributed by atoms with Crippen molar-refractivity contribution < 1.29 is 29.1 Å². The Bertz CT molecular complexity index is 673. The number of benzene rings is 1. The average molecular weight is 479 g/mol. The SMILES string of the molecule is CCCCCCCCCCCCCCCCCCOC(=O)OOOC(=O)c1cc(C)ccc1C. The monoisotopic (exact) mass is 478 g/mol. The van der Waals surface area contributed by atoms with Gasteiger partial charge in [-0.05, 0) is 31.9 Å². The van der Waals surface area contributed by atoms with E-state index in [1.807, 2.05) is 13.0 Å². The number of carbonyl (C=O) groups is 2. The summed E-state index contributed by atoms with van der Waals surface area (Å²) in [7, 11) is 0. The van der Waals surface area contributed by atoms with Crippen molar-refractivity contribution in [3.05, 3.63) is 34.9 Å². The molecule has 6 nitrogen and oxygen atoms in total. The van der Waals surface area contributed by atoms with Gasteiger partial charge in [0.05, 0.1) is 17.2 Å². The summed E-state index contributed by atoms with van der Waals surface area (Å²) in [5.74, 6) is -0.730. The molecule has 1 aromatic rings. The quantitative estimate of drug-likeness (QED) is 0.0807. The van der Waals surface area contributed by atoms with Gasteiger partial charge in [0.1, 0.15) is 0 Å². The maximum Gasteiger partial charge on any atom is 0.543 e. The normalized spacial score (nSPS) is 10.8. The molecule has 0 heterocycles. The zero-order valence-electron chi connectivity index (χ0n) is 21.7. The predicted octanol–water partition coefficient (Wildman–Crippen LogP) is 8.72. The summed E-state index contributed by atoms with van der Waals surface area (Å²) in [4.78, 5) is 32.3. The van der Waals surface area contributed by atoms with Gasteiger partial charge >= 0.3 is 12.1 Å². The van der Waals surface area contributed by atoms with E-state index in [1.54, 1.807) is 19.1 Å². The Morgan fingerprint density at radius 1 is 0.676 bits per heavy atom. The fourth-order valence-corrected chi connectivity index (χ4v) is 3.91. The third kappa shape index (κ3) is 15.7. The molecule has 0 amide bonds. The van der Waals surface area contributed by atoms with Gasteiger partial charge in [0.25, 0.3) is 0 Å². The van der Waals surface area contributed by atoms with Crippen LogP contribution in [-0.4, -0.2) is 18.7 Å². The molecule has 1 aromatic carbocycles. The van der Waals surface area contributed by atoms with Crippen LogP contribution < -0.4 is 0 Å². The highest BCUT2D eigenvalue weighted by atomic mass is 17.5. The Kier molecular flexibility index (Phi) is 17.9. The summed E-state index contributed by atoms with van der Waals surface area (Å²) in [6.07, 6.45) is 19.6. The van der Waals surface area contributed by atoms with Gasteiger partial charge in [-0.1, -0.05) is 121 Å². The van der Waals surface area contributed by atoms with E-state index in [4.69, 9.17) is 4.74 Å². The van der Waals surface area contributed by atoms with Crippen molar-refractivity contribution in [2.45, 2.75) is 124 Å². The molecule has 0 aromatic heterocycles. The van der Waals surface area contributed by atoms with Crippen LogP contribution in [0.2, 0.25) is 0 Å². The van der Waals surface area contributed by atoms with Gasteiger partial charge in [0.2, 0.25) is 0 Å². The van der Waals surface area contributed by atoms with E-state index in [9.17, 15) is 9.59 Å². The first-order valence-corrected chi connectivity index (χ1v) is 13.3.